The monoisotopic (exact) mass is 266 g/mol. The first kappa shape index (κ1) is 13.8. The van der Waals surface area contributed by atoms with Gasteiger partial charge in [0.2, 0.25) is 0 Å². The van der Waals surface area contributed by atoms with E-state index >= 15 is 0 Å². The zero-order valence-electron chi connectivity index (χ0n) is 13.0. The minimum atomic E-state index is -0.149. The van der Waals surface area contributed by atoms with Crippen LogP contribution in [0, 0.1) is 11.8 Å². The summed E-state index contributed by atoms with van der Waals surface area (Å²) in [4.78, 5) is 2.69. The Bertz CT molecular complexity index is 354. The van der Waals surface area contributed by atoms with E-state index in [9.17, 15) is 0 Å². The maximum Gasteiger partial charge on any atom is 0.0830 e. The third-order valence-electron chi connectivity index (χ3n) is 6.04. The van der Waals surface area contributed by atoms with Gasteiger partial charge in [-0.25, -0.2) is 0 Å². The Kier molecular flexibility index (Phi) is 3.05. The van der Waals surface area contributed by atoms with Gasteiger partial charge in [-0.1, -0.05) is 6.42 Å². The summed E-state index contributed by atoms with van der Waals surface area (Å²) in [7, 11) is 0. The van der Waals surface area contributed by atoms with Crippen LogP contribution in [-0.4, -0.2) is 41.3 Å². The van der Waals surface area contributed by atoms with Gasteiger partial charge in [-0.05, 0) is 58.8 Å². The van der Waals surface area contributed by atoms with Crippen LogP contribution in [0.5, 0.6) is 0 Å². The predicted octanol–water partition coefficient (Wildman–Crippen LogP) is 2.39. The molecule has 0 aromatic carbocycles. The summed E-state index contributed by atoms with van der Waals surface area (Å²) < 4.78 is 6.36. The molecule has 0 aromatic rings. The molecule has 3 nitrogen and oxygen atoms in total. The summed E-state index contributed by atoms with van der Waals surface area (Å²) in [5, 5.41) is 0. The topological polar surface area (TPSA) is 38.5 Å². The molecular formula is C16H30N2O. The van der Waals surface area contributed by atoms with Crippen molar-refractivity contribution in [1.29, 1.82) is 0 Å². The van der Waals surface area contributed by atoms with Crippen LogP contribution in [-0.2, 0) is 4.74 Å². The first-order valence-electron chi connectivity index (χ1n) is 7.95. The zero-order chi connectivity index (χ0) is 13.9. The van der Waals surface area contributed by atoms with Crippen LogP contribution in [0.3, 0.4) is 0 Å². The maximum atomic E-state index is 6.36. The highest BCUT2D eigenvalue weighted by molar-refractivity contribution is 5.15. The molecule has 1 aliphatic carbocycles. The quantitative estimate of drug-likeness (QED) is 0.834. The summed E-state index contributed by atoms with van der Waals surface area (Å²) in [6, 6.07) is 0. The number of fused-ring (bicyclic) bond motifs is 1. The third-order valence-corrected chi connectivity index (χ3v) is 6.04. The highest BCUT2D eigenvalue weighted by Crippen LogP contribution is 2.51. The van der Waals surface area contributed by atoms with Crippen LogP contribution >= 0.6 is 0 Å². The molecule has 3 aliphatic rings. The van der Waals surface area contributed by atoms with Crippen molar-refractivity contribution >= 4 is 0 Å². The van der Waals surface area contributed by atoms with Crippen molar-refractivity contribution in [2.45, 2.75) is 70.1 Å². The molecule has 0 spiro atoms. The van der Waals surface area contributed by atoms with Crippen LogP contribution in [0.15, 0.2) is 0 Å². The normalized spacial score (nSPS) is 44.7. The minimum Gasteiger partial charge on any atom is -0.368 e. The maximum absolute atomic E-state index is 6.36. The fourth-order valence-corrected chi connectivity index (χ4v) is 5.26. The Morgan fingerprint density at radius 2 is 1.68 bits per heavy atom. The number of rotatable bonds is 2. The van der Waals surface area contributed by atoms with E-state index in [0.29, 0.717) is 6.54 Å². The minimum absolute atomic E-state index is 0.0286. The molecule has 0 bridgehead atoms. The second kappa shape index (κ2) is 4.19. The first-order chi connectivity index (χ1) is 8.80. The van der Waals surface area contributed by atoms with Gasteiger partial charge < -0.3 is 10.5 Å². The Morgan fingerprint density at radius 3 is 2.11 bits per heavy atom. The molecule has 3 atom stereocenters. The first-order valence-corrected chi connectivity index (χ1v) is 7.95. The largest absolute Gasteiger partial charge is 0.368 e. The number of hydrogen-bond donors (Lipinski definition) is 1. The van der Waals surface area contributed by atoms with Crippen molar-refractivity contribution in [3.05, 3.63) is 0 Å². The number of nitrogens with two attached hydrogens (primary N) is 1. The molecule has 0 radical (unpaired) electrons. The summed E-state index contributed by atoms with van der Waals surface area (Å²) in [6.07, 6.45) is 5.34. The molecule has 2 heterocycles. The number of nitrogens with zero attached hydrogens (tertiary/aromatic N) is 1. The van der Waals surface area contributed by atoms with E-state index in [1.807, 2.05) is 0 Å². The number of hydrogen-bond acceptors (Lipinski definition) is 3. The molecule has 1 saturated carbocycles. The molecule has 2 N–H and O–H groups in total. The van der Waals surface area contributed by atoms with E-state index in [2.05, 4.69) is 32.6 Å². The molecular weight excluding hydrogens is 236 g/mol. The van der Waals surface area contributed by atoms with Crippen LogP contribution in [0.2, 0.25) is 0 Å². The van der Waals surface area contributed by atoms with Crippen molar-refractivity contribution in [1.82, 2.24) is 4.90 Å². The molecule has 19 heavy (non-hydrogen) atoms. The Balaban J connectivity index is 1.88. The average molecular weight is 266 g/mol. The van der Waals surface area contributed by atoms with E-state index in [1.165, 1.54) is 32.4 Å². The molecule has 2 saturated heterocycles. The Hall–Kier alpha value is -0.120. The average Bonchev–Trinajstić information content (AvgIpc) is 2.87. The second-order valence-electron chi connectivity index (χ2n) is 8.14. The van der Waals surface area contributed by atoms with Gasteiger partial charge in [0.05, 0.1) is 16.7 Å². The van der Waals surface area contributed by atoms with Gasteiger partial charge in [0.1, 0.15) is 0 Å². The predicted molar refractivity (Wildman–Crippen MR) is 78.0 cm³/mol. The van der Waals surface area contributed by atoms with Crippen LogP contribution in [0.25, 0.3) is 0 Å². The van der Waals surface area contributed by atoms with E-state index in [-0.39, 0.29) is 16.7 Å². The van der Waals surface area contributed by atoms with E-state index in [4.69, 9.17) is 10.5 Å². The highest BCUT2D eigenvalue weighted by Gasteiger charge is 2.61. The standard InChI is InChI=1S/C16H30N2O/c1-14(2)10-16(11-17,15(3,4)19-14)18-8-12-6-5-7-13(12)9-18/h12-13H,5-11,17H2,1-4H3. The van der Waals surface area contributed by atoms with E-state index < -0.39 is 0 Å². The van der Waals surface area contributed by atoms with Crippen molar-refractivity contribution in [2.24, 2.45) is 17.6 Å². The van der Waals surface area contributed by atoms with Gasteiger partial charge >= 0.3 is 0 Å². The number of ether oxygens (including phenoxy) is 1. The van der Waals surface area contributed by atoms with E-state index in [0.717, 1.165) is 18.3 Å². The summed E-state index contributed by atoms with van der Waals surface area (Å²) in [6.45, 7) is 12.1. The lowest BCUT2D eigenvalue weighted by atomic mass is 9.77. The molecule has 2 aliphatic heterocycles. The van der Waals surface area contributed by atoms with Gasteiger partial charge in [0.25, 0.3) is 0 Å². The lowest BCUT2D eigenvalue weighted by Gasteiger charge is -2.46. The van der Waals surface area contributed by atoms with Gasteiger partial charge in [-0.2, -0.15) is 0 Å². The molecule has 0 aromatic heterocycles. The van der Waals surface area contributed by atoms with Gasteiger partial charge in [0, 0.05) is 19.6 Å². The summed E-state index contributed by atoms with van der Waals surface area (Å²) in [5.74, 6) is 1.84. The number of likely N-dealkylation sites (tertiary alicyclic amines) is 1. The van der Waals surface area contributed by atoms with Gasteiger partial charge in [-0.3, -0.25) is 4.90 Å². The lowest BCUT2D eigenvalue weighted by Crippen LogP contribution is -2.63. The molecule has 3 fully saturated rings. The molecule has 3 heteroatoms. The lowest BCUT2D eigenvalue weighted by molar-refractivity contribution is -0.101. The molecule has 0 amide bonds. The molecule has 3 rings (SSSR count). The van der Waals surface area contributed by atoms with Crippen molar-refractivity contribution in [3.8, 4) is 0 Å². The Morgan fingerprint density at radius 1 is 1.11 bits per heavy atom. The van der Waals surface area contributed by atoms with Crippen LogP contribution in [0.1, 0.15) is 53.4 Å². The van der Waals surface area contributed by atoms with Crippen LogP contribution in [0.4, 0.5) is 0 Å². The van der Waals surface area contributed by atoms with Crippen molar-refractivity contribution in [2.75, 3.05) is 19.6 Å². The fourth-order valence-electron chi connectivity index (χ4n) is 5.26. The summed E-state index contributed by atoms with van der Waals surface area (Å²) >= 11 is 0. The van der Waals surface area contributed by atoms with E-state index in [1.54, 1.807) is 0 Å². The smallest absolute Gasteiger partial charge is 0.0830 e. The second-order valence-corrected chi connectivity index (χ2v) is 8.14. The van der Waals surface area contributed by atoms with Crippen molar-refractivity contribution < 1.29 is 4.74 Å². The highest BCUT2D eigenvalue weighted by atomic mass is 16.5. The fraction of sp³-hybridized carbons (Fsp3) is 1.00. The molecule has 3 unspecified atom stereocenters. The van der Waals surface area contributed by atoms with Crippen LogP contribution < -0.4 is 5.73 Å². The SMILES string of the molecule is CC1(C)CC(CN)(N2CC3CCCC3C2)C(C)(C)O1. The third kappa shape index (κ3) is 1.97. The van der Waals surface area contributed by atoms with Gasteiger partial charge in [0.15, 0.2) is 0 Å². The summed E-state index contributed by atoms with van der Waals surface area (Å²) in [5.41, 5.74) is 6.10. The Labute approximate surface area is 117 Å². The molecule has 110 valence electrons. The van der Waals surface area contributed by atoms with Crippen molar-refractivity contribution in [3.63, 3.8) is 0 Å². The van der Waals surface area contributed by atoms with Gasteiger partial charge in [-0.15, -0.1) is 0 Å². The zero-order valence-corrected chi connectivity index (χ0v) is 13.0.